The molecule has 0 aromatic heterocycles. The van der Waals surface area contributed by atoms with Crippen LogP contribution in [0.25, 0.3) is 0 Å². The Morgan fingerprint density at radius 2 is 1.77 bits per heavy atom. The van der Waals surface area contributed by atoms with Crippen LogP contribution in [-0.2, 0) is 19.6 Å². The number of ether oxygens (including phenoxy) is 1. The van der Waals surface area contributed by atoms with Gasteiger partial charge >= 0.3 is 0 Å². The van der Waals surface area contributed by atoms with E-state index in [0.717, 1.165) is 12.8 Å². The first-order valence-electron chi connectivity index (χ1n) is 4.06. The van der Waals surface area contributed by atoms with Crippen LogP contribution in [0, 0.1) is 0 Å². The van der Waals surface area contributed by atoms with E-state index in [2.05, 4.69) is 4.74 Å². The lowest BCUT2D eigenvalue weighted by molar-refractivity contribution is -0.128. The fourth-order valence-electron chi connectivity index (χ4n) is 0.872. The molecule has 0 bridgehead atoms. The Morgan fingerprint density at radius 1 is 1.15 bits per heavy atom. The molecule has 78 valence electrons. The van der Waals surface area contributed by atoms with Crippen LogP contribution in [0.4, 0.5) is 0 Å². The number of carbonyl (C=O) groups excluding carboxylic acids is 1. The van der Waals surface area contributed by atoms with Crippen molar-refractivity contribution in [3.63, 3.8) is 0 Å². The highest BCUT2D eigenvalue weighted by atomic mass is 32.2. The molecule has 5 nitrogen and oxygen atoms in total. The monoisotopic (exact) mass is 210 g/mol. The van der Waals surface area contributed by atoms with Crippen molar-refractivity contribution in [2.24, 2.45) is 0 Å². The van der Waals surface area contributed by atoms with Crippen molar-refractivity contribution in [2.75, 3.05) is 12.4 Å². The maximum Gasteiger partial charge on any atom is 0.293 e. The van der Waals surface area contributed by atoms with Gasteiger partial charge in [0.05, 0.1) is 12.4 Å². The number of unbranched alkanes of at least 4 members (excludes halogenated alkanes) is 3. The third kappa shape index (κ3) is 11.4. The van der Waals surface area contributed by atoms with Crippen LogP contribution in [0.1, 0.15) is 25.7 Å². The molecular weight excluding hydrogens is 196 g/mol. The van der Waals surface area contributed by atoms with Gasteiger partial charge in [-0.25, -0.2) is 0 Å². The molecule has 0 fully saturated rings. The SMILES string of the molecule is O=COCCCCCCS(=O)(=O)O. The summed E-state index contributed by atoms with van der Waals surface area (Å²) in [5.74, 6) is -0.193. The zero-order valence-corrected chi connectivity index (χ0v) is 8.12. The fraction of sp³-hybridized carbons (Fsp3) is 0.857. The second-order valence-corrected chi connectivity index (χ2v) is 4.24. The van der Waals surface area contributed by atoms with Crippen molar-refractivity contribution in [1.29, 1.82) is 0 Å². The zero-order chi connectivity index (χ0) is 10.2. The highest BCUT2D eigenvalue weighted by Crippen LogP contribution is 2.01. The minimum Gasteiger partial charge on any atom is -0.468 e. The Kier molecular flexibility index (Phi) is 6.52. The summed E-state index contributed by atoms with van der Waals surface area (Å²) in [5.41, 5.74) is 0. The highest BCUT2D eigenvalue weighted by molar-refractivity contribution is 7.85. The van der Waals surface area contributed by atoms with Gasteiger partial charge in [-0.3, -0.25) is 9.35 Å². The normalized spacial score (nSPS) is 11.2. The molecule has 0 atom stereocenters. The smallest absolute Gasteiger partial charge is 0.293 e. The van der Waals surface area contributed by atoms with Crippen molar-refractivity contribution in [3.8, 4) is 0 Å². The molecule has 0 heterocycles. The third-order valence-corrected chi connectivity index (χ3v) is 2.29. The van der Waals surface area contributed by atoms with Gasteiger partial charge in [-0.15, -0.1) is 0 Å². The van der Waals surface area contributed by atoms with Gasteiger partial charge in [0.2, 0.25) is 0 Å². The molecule has 0 rings (SSSR count). The second kappa shape index (κ2) is 6.85. The Morgan fingerprint density at radius 3 is 2.31 bits per heavy atom. The van der Waals surface area contributed by atoms with E-state index in [0.29, 0.717) is 25.9 Å². The lowest BCUT2D eigenvalue weighted by Gasteiger charge is -1.99. The summed E-state index contributed by atoms with van der Waals surface area (Å²) in [7, 11) is -3.81. The van der Waals surface area contributed by atoms with Gasteiger partial charge in [0, 0.05) is 0 Å². The van der Waals surface area contributed by atoms with Gasteiger partial charge in [0.25, 0.3) is 16.6 Å². The maximum atomic E-state index is 10.3. The second-order valence-electron chi connectivity index (χ2n) is 2.67. The highest BCUT2D eigenvalue weighted by Gasteiger charge is 2.02. The average molecular weight is 210 g/mol. The Balaban J connectivity index is 3.13. The first kappa shape index (κ1) is 12.4. The first-order valence-corrected chi connectivity index (χ1v) is 5.67. The fourth-order valence-corrected chi connectivity index (χ4v) is 1.44. The largest absolute Gasteiger partial charge is 0.468 e. The topological polar surface area (TPSA) is 80.7 Å². The molecular formula is C7H14O5S. The molecule has 0 radical (unpaired) electrons. The van der Waals surface area contributed by atoms with Crippen LogP contribution in [0.2, 0.25) is 0 Å². The molecule has 1 N–H and O–H groups in total. The molecule has 0 unspecified atom stereocenters. The molecule has 0 aromatic rings. The summed E-state index contributed by atoms with van der Waals surface area (Å²) >= 11 is 0. The molecule has 0 amide bonds. The Labute approximate surface area is 77.8 Å². The standard InChI is InChI=1S/C7H14O5S/c8-7-12-5-3-1-2-4-6-13(9,10)11/h7H,1-6H2,(H,9,10,11). The summed E-state index contributed by atoms with van der Waals surface area (Å²) < 4.78 is 33.3. The van der Waals surface area contributed by atoms with Gasteiger partial charge in [0.15, 0.2) is 0 Å². The Bertz CT molecular complexity index is 221. The zero-order valence-electron chi connectivity index (χ0n) is 7.31. The van der Waals surface area contributed by atoms with E-state index < -0.39 is 10.1 Å². The van der Waals surface area contributed by atoms with Gasteiger partial charge < -0.3 is 4.74 Å². The van der Waals surface area contributed by atoms with E-state index >= 15 is 0 Å². The molecule has 0 aliphatic heterocycles. The van der Waals surface area contributed by atoms with Crippen LogP contribution in [0.15, 0.2) is 0 Å². The van der Waals surface area contributed by atoms with Crippen molar-refractivity contribution in [1.82, 2.24) is 0 Å². The lowest BCUT2D eigenvalue weighted by atomic mass is 10.2. The van der Waals surface area contributed by atoms with E-state index in [9.17, 15) is 13.2 Å². The third-order valence-electron chi connectivity index (χ3n) is 1.48. The summed E-state index contributed by atoms with van der Waals surface area (Å²) in [4.78, 5) is 9.69. The van der Waals surface area contributed by atoms with Crippen molar-refractivity contribution in [2.45, 2.75) is 25.7 Å². The lowest BCUT2D eigenvalue weighted by Crippen LogP contribution is -2.03. The van der Waals surface area contributed by atoms with Gasteiger partial charge in [-0.2, -0.15) is 8.42 Å². The van der Waals surface area contributed by atoms with E-state index in [1.165, 1.54) is 0 Å². The van der Waals surface area contributed by atoms with Gasteiger partial charge in [-0.05, 0) is 12.8 Å². The van der Waals surface area contributed by atoms with Crippen molar-refractivity contribution >= 4 is 16.6 Å². The van der Waals surface area contributed by atoms with Crippen LogP contribution in [-0.4, -0.2) is 31.8 Å². The molecule has 0 aliphatic rings. The minimum absolute atomic E-state index is 0.193. The molecule has 0 saturated heterocycles. The Hall–Kier alpha value is -0.620. The van der Waals surface area contributed by atoms with Gasteiger partial charge in [-0.1, -0.05) is 12.8 Å². The maximum absolute atomic E-state index is 10.3. The first-order chi connectivity index (χ1) is 6.06. The number of rotatable bonds is 8. The van der Waals surface area contributed by atoms with Crippen LogP contribution >= 0.6 is 0 Å². The molecule has 0 spiro atoms. The number of hydrogen-bond acceptors (Lipinski definition) is 4. The van der Waals surface area contributed by atoms with E-state index in [1.54, 1.807) is 0 Å². The summed E-state index contributed by atoms with van der Waals surface area (Å²) in [6.45, 7) is 0.757. The summed E-state index contributed by atoms with van der Waals surface area (Å²) in [5, 5.41) is 0. The molecule has 6 heteroatoms. The molecule has 0 aliphatic carbocycles. The van der Waals surface area contributed by atoms with Crippen LogP contribution in [0.5, 0.6) is 0 Å². The summed E-state index contributed by atoms with van der Waals surface area (Å²) in [6.07, 6.45) is 2.68. The van der Waals surface area contributed by atoms with Crippen molar-refractivity contribution in [3.05, 3.63) is 0 Å². The average Bonchev–Trinajstić information content (AvgIpc) is 2.01. The molecule has 0 saturated carbocycles. The summed E-state index contributed by atoms with van der Waals surface area (Å²) in [6, 6.07) is 0. The quantitative estimate of drug-likeness (QED) is 0.360. The minimum atomic E-state index is -3.81. The van der Waals surface area contributed by atoms with Crippen molar-refractivity contribution < 1.29 is 22.5 Å². The molecule has 13 heavy (non-hydrogen) atoms. The number of carbonyl (C=O) groups is 1. The van der Waals surface area contributed by atoms with Crippen LogP contribution in [0.3, 0.4) is 0 Å². The van der Waals surface area contributed by atoms with Gasteiger partial charge in [0.1, 0.15) is 0 Å². The van der Waals surface area contributed by atoms with Crippen LogP contribution < -0.4 is 0 Å². The molecule has 0 aromatic carbocycles. The predicted octanol–water partition coefficient (Wildman–Crippen LogP) is 0.608. The van der Waals surface area contributed by atoms with E-state index in [1.807, 2.05) is 0 Å². The predicted molar refractivity (Wildman–Crippen MR) is 46.9 cm³/mol. The van der Waals surface area contributed by atoms with E-state index in [4.69, 9.17) is 4.55 Å². The van der Waals surface area contributed by atoms with E-state index in [-0.39, 0.29) is 5.75 Å². The number of hydrogen-bond donors (Lipinski definition) is 1.